The minimum Gasteiger partial charge on any atom is -0.357 e. The van der Waals surface area contributed by atoms with E-state index in [4.69, 9.17) is 0 Å². The average Bonchev–Trinajstić information content (AvgIpc) is 2.81. The quantitative estimate of drug-likeness (QED) is 0.266. The van der Waals surface area contributed by atoms with Gasteiger partial charge in [0, 0.05) is 45.7 Å². The van der Waals surface area contributed by atoms with Crippen molar-refractivity contribution in [3.8, 4) is 0 Å². The smallest absolute Gasteiger partial charge is 0.222 e. The average molecular weight is 416 g/mol. The highest BCUT2D eigenvalue weighted by Crippen LogP contribution is 2.25. The Morgan fingerprint density at radius 2 is 2.00 bits per heavy atom. The predicted octanol–water partition coefficient (Wildman–Crippen LogP) is 1.05. The van der Waals surface area contributed by atoms with E-state index in [-0.39, 0.29) is 11.7 Å². The number of carbonyl (C=O) groups excluding carboxylic acids is 1. The van der Waals surface area contributed by atoms with Crippen LogP contribution >= 0.6 is 0 Å². The van der Waals surface area contributed by atoms with Gasteiger partial charge < -0.3 is 15.5 Å². The van der Waals surface area contributed by atoms with E-state index in [0.717, 1.165) is 51.6 Å². The molecule has 2 aliphatic rings. The summed E-state index contributed by atoms with van der Waals surface area (Å²) in [5.41, 5.74) is 0. The molecule has 28 heavy (non-hydrogen) atoms. The highest BCUT2D eigenvalue weighted by atomic mass is 32.2. The van der Waals surface area contributed by atoms with Crippen LogP contribution in [0, 0.1) is 5.92 Å². The first-order chi connectivity index (χ1) is 13.5. The van der Waals surface area contributed by atoms with Crippen LogP contribution in [0.5, 0.6) is 0 Å². The SMILES string of the molecule is CCNC(=NCCCN1CCCCCC1=O)NCCS(=O)(=O)NCC1CCC1. The molecule has 1 saturated heterocycles. The van der Waals surface area contributed by atoms with Crippen molar-refractivity contribution < 1.29 is 13.2 Å². The van der Waals surface area contributed by atoms with Crippen molar-refractivity contribution >= 4 is 21.9 Å². The predicted molar refractivity (Wildman–Crippen MR) is 113 cm³/mol. The van der Waals surface area contributed by atoms with Gasteiger partial charge in [0.1, 0.15) is 0 Å². The van der Waals surface area contributed by atoms with Gasteiger partial charge in [-0.25, -0.2) is 13.1 Å². The number of aliphatic imine (C=N–C) groups is 1. The molecule has 2 fully saturated rings. The third kappa shape index (κ3) is 8.77. The normalized spacial score (nSPS) is 19.2. The Hall–Kier alpha value is -1.35. The molecule has 0 atom stereocenters. The molecule has 1 amide bonds. The summed E-state index contributed by atoms with van der Waals surface area (Å²) in [6, 6.07) is 0. The molecule has 9 heteroatoms. The van der Waals surface area contributed by atoms with Gasteiger partial charge in [-0.05, 0) is 44.9 Å². The molecule has 0 aromatic rings. The molecule has 2 rings (SSSR count). The summed E-state index contributed by atoms with van der Waals surface area (Å²) >= 11 is 0. The van der Waals surface area contributed by atoms with E-state index in [1.165, 1.54) is 6.42 Å². The molecule has 8 nitrogen and oxygen atoms in total. The lowest BCUT2D eigenvalue weighted by Crippen LogP contribution is -2.42. The maximum atomic E-state index is 12.1. The van der Waals surface area contributed by atoms with Gasteiger partial charge in [0.15, 0.2) is 5.96 Å². The topological polar surface area (TPSA) is 103 Å². The fourth-order valence-electron chi connectivity index (χ4n) is 3.39. The summed E-state index contributed by atoms with van der Waals surface area (Å²) in [7, 11) is -3.25. The van der Waals surface area contributed by atoms with Crippen LogP contribution in [-0.2, 0) is 14.8 Å². The lowest BCUT2D eigenvalue weighted by molar-refractivity contribution is -0.130. The molecule has 1 saturated carbocycles. The molecule has 3 N–H and O–H groups in total. The molecule has 1 aliphatic carbocycles. The van der Waals surface area contributed by atoms with Gasteiger partial charge in [-0.2, -0.15) is 0 Å². The Kier molecular flexibility index (Phi) is 10.0. The fourth-order valence-corrected chi connectivity index (χ4v) is 4.39. The maximum absolute atomic E-state index is 12.1. The van der Waals surface area contributed by atoms with E-state index in [1.54, 1.807) is 0 Å². The molecule has 1 heterocycles. The zero-order chi connectivity index (χ0) is 20.2. The van der Waals surface area contributed by atoms with Crippen LogP contribution in [0.3, 0.4) is 0 Å². The molecule has 1 aliphatic heterocycles. The second-order valence-electron chi connectivity index (χ2n) is 7.70. The van der Waals surface area contributed by atoms with Crippen molar-refractivity contribution in [2.45, 2.75) is 58.3 Å². The number of sulfonamides is 1. The molecule has 0 aromatic heterocycles. The van der Waals surface area contributed by atoms with Crippen LogP contribution in [0.1, 0.15) is 58.3 Å². The van der Waals surface area contributed by atoms with Gasteiger partial charge in [0.2, 0.25) is 15.9 Å². The Balaban J connectivity index is 1.66. The summed E-state index contributed by atoms with van der Waals surface area (Å²) in [6.45, 7) is 5.76. The van der Waals surface area contributed by atoms with Crippen molar-refractivity contribution in [2.24, 2.45) is 10.9 Å². The molecule has 0 aromatic carbocycles. The molecule has 0 unspecified atom stereocenters. The minimum absolute atomic E-state index is 0.0341. The number of nitrogens with zero attached hydrogens (tertiary/aromatic N) is 2. The van der Waals surface area contributed by atoms with E-state index in [1.807, 2.05) is 11.8 Å². The Bertz CT molecular complexity index is 605. The minimum atomic E-state index is -3.25. The number of nitrogens with one attached hydrogen (secondary N) is 3. The fraction of sp³-hybridized carbons (Fsp3) is 0.895. The third-order valence-electron chi connectivity index (χ3n) is 5.35. The lowest BCUT2D eigenvalue weighted by atomic mass is 9.86. The zero-order valence-electron chi connectivity index (χ0n) is 17.2. The summed E-state index contributed by atoms with van der Waals surface area (Å²) in [5, 5.41) is 6.23. The van der Waals surface area contributed by atoms with E-state index >= 15 is 0 Å². The van der Waals surface area contributed by atoms with Gasteiger partial charge in [-0.1, -0.05) is 12.8 Å². The molecule has 0 bridgehead atoms. The zero-order valence-corrected chi connectivity index (χ0v) is 18.0. The van der Waals surface area contributed by atoms with Crippen molar-refractivity contribution in [2.75, 3.05) is 45.0 Å². The first-order valence-electron chi connectivity index (χ1n) is 10.8. The van der Waals surface area contributed by atoms with Crippen molar-refractivity contribution in [1.29, 1.82) is 0 Å². The largest absolute Gasteiger partial charge is 0.357 e. The molecule has 162 valence electrons. The monoisotopic (exact) mass is 415 g/mol. The van der Waals surface area contributed by atoms with Gasteiger partial charge in [0.05, 0.1) is 5.75 Å². The van der Waals surface area contributed by atoms with Crippen molar-refractivity contribution in [3.05, 3.63) is 0 Å². The van der Waals surface area contributed by atoms with Crippen molar-refractivity contribution in [1.82, 2.24) is 20.3 Å². The van der Waals surface area contributed by atoms with E-state index in [0.29, 0.717) is 44.5 Å². The first-order valence-corrected chi connectivity index (χ1v) is 12.4. The van der Waals surface area contributed by atoms with Crippen LogP contribution in [0.25, 0.3) is 0 Å². The number of carbonyl (C=O) groups is 1. The third-order valence-corrected chi connectivity index (χ3v) is 6.70. The lowest BCUT2D eigenvalue weighted by Gasteiger charge is -2.25. The highest BCUT2D eigenvalue weighted by Gasteiger charge is 2.20. The van der Waals surface area contributed by atoms with Crippen LogP contribution in [0.2, 0.25) is 0 Å². The number of likely N-dealkylation sites (tertiary alicyclic amines) is 1. The summed E-state index contributed by atoms with van der Waals surface area (Å²) in [4.78, 5) is 18.5. The number of hydrogen-bond donors (Lipinski definition) is 3. The Morgan fingerprint density at radius 1 is 1.18 bits per heavy atom. The van der Waals surface area contributed by atoms with Crippen molar-refractivity contribution in [3.63, 3.8) is 0 Å². The van der Waals surface area contributed by atoms with Gasteiger partial charge in [0.25, 0.3) is 0 Å². The Labute approximate surface area is 170 Å². The van der Waals surface area contributed by atoms with Gasteiger partial charge >= 0.3 is 0 Å². The summed E-state index contributed by atoms with van der Waals surface area (Å²) in [6.07, 6.45) is 8.15. The number of rotatable bonds is 11. The second kappa shape index (κ2) is 12.3. The molecular weight excluding hydrogens is 378 g/mol. The van der Waals surface area contributed by atoms with Crippen LogP contribution in [-0.4, -0.2) is 70.2 Å². The van der Waals surface area contributed by atoms with Gasteiger partial charge in [-0.15, -0.1) is 0 Å². The van der Waals surface area contributed by atoms with Crippen LogP contribution < -0.4 is 15.4 Å². The first kappa shape index (κ1) is 22.9. The second-order valence-corrected chi connectivity index (χ2v) is 9.62. The molecule has 0 radical (unpaired) electrons. The number of guanidine groups is 1. The highest BCUT2D eigenvalue weighted by molar-refractivity contribution is 7.89. The molecular formula is C19H37N5O3S. The number of amides is 1. The summed E-state index contributed by atoms with van der Waals surface area (Å²) in [5.74, 6) is 1.43. The van der Waals surface area contributed by atoms with Crippen LogP contribution in [0.15, 0.2) is 4.99 Å². The van der Waals surface area contributed by atoms with E-state index < -0.39 is 10.0 Å². The Morgan fingerprint density at radius 3 is 2.71 bits per heavy atom. The van der Waals surface area contributed by atoms with E-state index in [2.05, 4.69) is 20.3 Å². The maximum Gasteiger partial charge on any atom is 0.222 e. The summed E-state index contributed by atoms with van der Waals surface area (Å²) < 4.78 is 26.8. The number of hydrogen-bond acceptors (Lipinski definition) is 4. The van der Waals surface area contributed by atoms with Crippen LogP contribution in [0.4, 0.5) is 0 Å². The standard InChI is InChI=1S/C19H37N5O3S/c1-2-20-19(21-11-7-14-24-13-5-3-4-10-18(24)25)22-12-15-28(26,27)23-16-17-8-6-9-17/h17,23H,2-16H2,1H3,(H2,20,21,22). The molecule has 0 spiro atoms. The van der Waals surface area contributed by atoms with Gasteiger partial charge in [-0.3, -0.25) is 9.79 Å². The van der Waals surface area contributed by atoms with E-state index in [9.17, 15) is 13.2 Å².